The molecule has 1 heterocycles. The molecule has 0 saturated carbocycles. The smallest absolute Gasteiger partial charge is 0.407 e. The fourth-order valence-corrected chi connectivity index (χ4v) is 1.46. The number of likely N-dealkylation sites (tertiary alicyclic amines) is 1. The van der Waals surface area contributed by atoms with E-state index in [1.54, 1.807) is 4.90 Å². The second kappa shape index (κ2) is 4.80. The van der Waals surface area contributed by atoms with E-state index >= 15 is 0 Å². The first-order chi connectivity index (χ1) is 6.67. The topological polar surface area (TPSA) is 84.7 Å². The van der Waals surface area contributed by atoms with Crippen LogP contribution in [-0.4, -0.2) is 49.7 Å². The molecule has 3 N–H and O–H groups in total. The number of amides is 2. The zero-order chi connectivity index (χ0) is 10.6. The number of methoxy groups -OCH3 is 1. The normalized spacial score (nSPS) is 20.7. The van der Waals surface area contributed by atoms with E-state index in [4.69, 9.17) is 5.73 Å². The third-order valence-electron chi connectivity index (χ3n) is 2.22. The maximum Gasteiger partial charge on any atom is 0.407 e. The highest BCUT2D eigenvalue weighted by molar-refractivity contribution is 5.78. The standard InChI is InChI=1S/C8H15N3O3/c1-14-8(13)10-6-2-3-11(5-6)7(12)4-9/h6H,2-5,9H2,1H3,(H,10,13). The van der Waals surface area contributed by atoms with E-state index in [9.17, 15) is 9.59 Å². The van der Waals surface area contributed by atoms with Gasteiger partial charge in [-0.05, 0) is 6.42 Å². The van der Waals surface area contributed by atoms with E-state index in [1.807, 2.05) is 0 Å². The number of nitrogens with two attached hydrogens (primary N) is 1. The van der Waals surface area contributed by atoms with Gasteiger partial charge in [-0.3, -0.25) is 4.79 Å². The number of hydrogen-bond donors (Lipinski definition) is 2. The monoisotopic (exact) mass is 201 g/mol. The van der Waals surface area contributed by atoms with Gasteiger partial charge in [-0.15, -0.1) is 0 Å². The molecule has 1 rings (SSSR count). The van der Waals surface area contributed by atoms with Gasteiger partial charge in [0.1, 0.15) is 0 Å². The zero-order valence-corrected chi connectivity index (χ0v) is 8.16. The molecule has 0 aromatic rings. The number of hydrogen-bond acceptors (Lipinski definition) is 4. The van der Waals surface area contributed by atoms with Gasteiger partial charge < -0.3 is 20.7 Å². The van der Waals surface area contributed by atoms with Crippen LogP contribution in [-0.2, 0) is 9.53 Å². The summed E-state index contributed by atoms with van der Waals surface area (Å²) < 4.78 is 4.46. The van der Waals surface area contributed by atoms with Gasteiger partial charge in [-0.1, -0.05) is 0 Å². The third kappa shape index (κ3) is 2.59. The van der Waals surface area contributed by atoms with Crippen LogP contribution in [0.4, 0.5) is 4.79 Å². The molecule has 0 spiro atoms. The van der Waals surface area contributed by atoms with Crippen LogP contribution in [0.25, 0.3) is 0 Å². The first-order valence-electron chi connectivity index (χ1n) is 4.49. The molecule has 0 aromatic heterocycles. The first-order valence-corrected chi connectivity index (χ1v) is 4.49. The van der Waals surface area contributed by atoms with Crippen molar-refractivity contribution in [1.82, 2.24) is 10.2 Å². The Kier molecular flexibility index (Phi) is 3.70. The number of alkyl carbamates (subject to hydrolysis) is 1. The Morgan fingerprint density at radius 1 is 1.64 bits per heavy atom. The molecule has 1 atom stereocenters. The lowest BCUT2D eigenvalue weighted by Crippen LogP contribution is -2.40. The van der Waals surface area contributed by atoms with Gasteiger partial charge in [-0.2, -0.15) is 0 Å². The molecule has 0 aromatic carbocycles. The lowest BCUT2D eigenvalue weighted by molar-refractivity contribution is -0.128. The Morgan fingerprint density at radius 3 is 2.93 bits per heavy atom. The highest BCUT2D eigenvalue weighted by Gasteiger charge is 2.26. The van der Waals surface area contributed by atoms with Crippen molar-refractivity contribution in [2.75, 3.05) is 26.7 Å². The highest BCUT2D eigenvalue weighted by atomic mass is 16.5. The summed E-state index contributed by atoms with van der Waals surface area (Å²) in [4.78, 5) is 23.7. The van der Waals surface area contributed by atoms with E-state index in [2.05, 4.69) is 10.1 Å². The van der Waals surface area contributed by atoms with Crippen molar-refractivity contribution in [2.24, 2.45) is 5.73 Å². The van der Waals surface area contributed by atoms with E-state index in [1.165, 1.54) is 7.11 Å². The minimum Gasteiger partial charge on any atom is -0.453 e. The molecule has 0 bridgehead atoms. The van der Waals surface area contributed by atoms with Crippen LogP contribution in [0.5, 0.6) is 0 Å². The van der Waals surface area contributed by atoms with Crippen LogP contribution in [0.1, 0.15) is 6.42 Å². The molecule has 0 radical (unpaired) electrons. The summed E-state index contributed by atoms with van der Waals surface area (Å²) in [5.41, 5.74) is 5.22. The zero-order valence-electron chi connectivity index (χ0n) is 8.16. The largest absolute Gasteiger partial charge is 0.453 e. The van der Waals surface area contributed by atoms with Gasteiger partial charge in [0.15, 0.2) is 0 Å². The summed E-state index contributed by atoms with van der Waals surface area (Å²) in [6, 6.07) is -0.0158. The van der Waals surface area contributed by atoms with Crippen molar-refractivity contribution in [1.29, 1.82) is 0 Å². The molecule has 6 nitrogen and oxygen atoms in total. The molecule has 1 fully saturated rings. The van der Waals surface area contributed by atoms with Gasteiger partial charge in [-0.25, -0.2) is 4.79 Å². The third-order valence-corrected chi connectivity index (χ3v) is 2.22. The Hall–Kier alpha value is -1.30. The van der Waals surface area contributed by atoms with Crippen LogP contribution in [0.3, 0.4) is 0 Å². The van der Waals surface area contributed by atoms with E-state index < -0.39 is 6.09 Å². The van der Waals surface area contributed by atoms with E-state index in [0.717, 1.165) is 6.42 Å². The quantitative estimate of drug-likeness (QED) is 0.594. The summed E-state index contributed by atoms with van der Waals surface area (Å²) >= 11 is 0. The summed E-state index contributed by atoms with van der Waals surface area (Å²) in [5, 5.41) is 2.64. The van der Waals surface area contributed by atoms with Crippen LogP contribution in [0, 0.1) is 0 Å². The Bertz CT molecular complexity index is 232. The summed E-state index contributed by atoms with van der Waals surface area (Å²) in [5.74, 6) is -0.0841. The molecular formula is C8H15N3O3. The predicted octanol–water partition coefficient (Wildman–Crippen LogP) is -1.10. The number of rotatable bonds is 2. The van der Waals surface area contributed by atoms with Gasteiger partial charge in [0, 0.05) is 13.1 Å². The summed E-state index contributed by atoms with van der Waals surface area (Å²) in [6.45, 7) is 1.18. The number of nitrogens with zero attached hydrogens (tertiary/aromatic N) is 1. The molecule has 1 aliphatic heterocycles. The van der Waals surface area contributed by atoms with Gasteiger partial charge >= 0.3 is 6.09 Å². The molecule has 1 saturated heterocycles. The molecule has 1 unspecified atom stereocenters. The first kappa shape index (κ1) is 10.8. The average Bonchev–Trinajstić information content (AvgIpc) is 2.65. The minimum atomic E-state index is -0.461. The van der Waals surface area contributed by atoms with Crippen molar-refractivity contribution >= 4 is 12.0 Å². The van der Waals surface area contributed by atoms with Crippen molar-refractivity contribution in [3.05, 3.63) is 0 Å². The predicted molar refractivity (Wildman–Crippen MR) is 49.6 cm³/mol. The number of carbonyl (C=O) groups excluding carboxylic acids is 2. The van der Waals surface area contributed by atoms with Crippen molar-refractivity contribution in [3.8, 4) is 0 Å². The second-order valence-corrected chi connectivity index (χ2v) is 3.17. The fourth-order valence-electron chi connectivity index (χ4n) is 1.46. The molecule has 2 amide bonds. The van der Waals surface area contributed by atoms with Crippen LogP contribution in [0.15, 0.2) is 0 Å². The lowest BCUT2D eigenvalue weighted by Gasteiger charge is -2.15. The minimum absolute atomic E-state index is 0.0158. The summed E-state index contributed by atoms with van der Waals surface area (Å²) in [6.07, 6.45) is 0.290. The highest BCUT2D eigenvalue weighted by Crippen LogP contribution is 2.08. The second-order valence-electron chi connectivity index (χ2n) is 3.17. The van der Waals surface area contributed by atoms with Gasteiger partial charge in [0.25, 0.3) is 0 Å². The van der Waals surface area contributed by atoms with Crippen LogP contribution >= 0.6 is 0 Å². The SMILES string of the molecule is COC(=O)NC1CCN(C(=O)CN)C1. The maximum atomic E-state index is 11.2. The Labute approximate surface area is 82.4 Å². The molecular weight excluding hydrogens is 186 g/mol. The number of nitrogens with one attached hydrogen (secondary N) is 1. The fraction of sp³-hybridized carbons (Fsp3) is 0.750. The molecule has 0 aliphatic carbocycles. The molecule has 80 valence electrons. The van der Waals surface area contributed by atoms with Crippen LogP contribution < -0.4 is 11.1 Å². The van der Waals surface area contributed by atoms with Gasteiger partial charge in [0.2, 0.25) is 5.91 Å². The van der Waals surface area contributed by atoms with Crippen molar-refractivity contribution in [2.45, 2.75) is 12.5 Å². The molecule has 14 heavy (non-hydrogen) atoms. The maximum absolute atomic E-state index is 11.2. The molecule has 1 aliphatic rings. The van der Waals surface area contributed by atoms with E-state index in [-0.39, 0.29) is 18.5 Å². The Balaban J connectivity index is 2.34. The van der Waals surface area contributed by atoms with Crippen molar-refractivity contribution < 1.29 is 14.3 Å². The van der Waals surface area contributed by atoms with Crippen LogP contribution in [0.2, 0.25) is 0 Å². The summed E-state index contributed by atoms with van der Waals surface area (Å²) in [7, 11) is 1.31. The number of carbonyl (C=O) groups is 2. The number of ether oxygens (including phenoxy) is 1. The average molecular weight is 201 g/mol. The Morgan fingerprint density at radius 2 is 2.36 bits per heavy atom. The lowest BCUT2D eigenvalue weighted by atomic mass is 10.3. The van der Waals surface area contributed by atoms with Gasteiger partial charge in [0.05, 0.1) is 19.7 Å². The molecule has 6 heteroatoms. The van der Waals surface area contributed by atoms with Crippen molar-refractivity contribution in [3.63, 3.8) is 0 Å². The van der Waals surface area contributed by atoms with E-state index in [0.29, 0.717) is 13.1 Å².